The Morgan fingerprint density at radius 1 is 1.21 bits per heavy atom. The predicted octanol–water partition coefficient (Wildman–Crippen LogP) is 1.52. The number of pyridine rings is 3. The van der Waals surface area contributed by atoms with Crippen LogP contribution in [-0.4, -0.2) is 32.7 Å². The number of nitrogens with zero attached hydrogens (tertiary/aromatic N) is 4. The number of esters is 1. The van der Waals surface area contributed by atoms with Crippen molar-refractivity contribution in [2.75, 3.05) is 0 Å². The minimum Gasteiger partial charge on any atom is -0.458 e. The van der Waals surface area contributed by atoms with Crippen molar-refractivity contribution in [2.45, 2.75) is 38.6 Å². The van der Waals surface area contributed by atoms with E-state index in [0.29, 0.717) is 16.9 Å². The van der Waals surface area contributed by atoms with Crippen LogP contribution in [0.2, 0.25) is 0 Å². The molecule has 10 nitrogen and oxygen atoms in total. The van der Waals surface area contributed by atoms with Crippen LogP contribution in [0.1, 0.15) is 35.6 Å². The number of amides is 1. The van der Waals surface area contributed by atoms with Crippen LogP contribution in [0.15, 0.2) is 70.8 Å². The average Bonchev–Trinajstić information content (AvgIpc) is 3.30. The lowest BCUT2D eigenvalue weighted by molar-refractivity contribution is -0.684. The van der Waals surface area contributed by atoms with Gasteiger partial charge in [-0.3, -0.25) is 9.59 Å². The zero-order valence-corrected chi connectivity index (χ0v) is 20.5. The van der Waals surface area contributed by atoms with Crippen LogP contribution in [0.3, 0.4) is 0 Å². The first-order valence-corrected chi connectivity index (χ1v) is 12.3. The number of para-hydroxylation sites is 1. The van der Waals surface area contributed by atoms with Gasteiger partial charge in [-0.2, -0.15) is 9.67 Å². The van der Waals surface area contributed by atoms with E-state index in [0.717, 1.165) is 16.5 Å². The van der Waals surface area contributed by atoms with Crippen molar-refractivity contribution in [3.8, 4) is 11.4 Å². The Morgan fingerprint density at radius 2 is 2.00 bits per heavy atom. The van der Waals surface area contributed by atoms with Gasteiger partial charge in [-0.25, -0.2) is 15.2 Å². The van der Waals surface area contributed by atoms with Crippen LogP contribution in [-0.2, 0) is 39.6 Å². The number of nitrogens with one attached hydrogen (secondary N) is 1. The highest BCUT2D eigenvalue weighted by atomic mass is 16.6. The normalized spacial score (nSPS) is 17.7. The maximum Gasteiger partial charge on any atom is 0.343 e. The summed E-state index contributed by atoms with van der Waals surface area (Å²) in [6, 6.07) is 14.7. The fourth-order valence-corrected chi connectivity index (χ4v) is 5.12. The number of carbonyl (C=O) groups excluding carboxylic acids is 2. The first-order valence-electron chi connectivity index (χ1n) is 12.3. The minimum absolute atomic E-state index is 0.0681. The molecule has 38 heavy (non-hydrogen) atoms. The van der Waals surface area contributed by atoms with Gasteiger partial charge in [0, 0.05) is 34.2 Å². The fraction of sp³-hybridized carbons (Fsp3) is 0.214. The zero-order valence-electron chi connectivity index (χ0n) is 20.5. The second kappa shape index (κ2) is 9.00. The van der Waals surface area contributed by atoms with Gasteiger partial charge in [0.2, 0.25) is 6.54 Å². The number of carbonyl (C=O) groups is 2. The molecule has 2 N–H and O–H groups in total. The Morgan fingerprint density at radius 3 is 2.79 bits per heavy atom. The van der Waals surface area contributed by atoms with Crippen molar-refractivity contribution in [1.82, 2.24) is 15.0 Å². The lowest BCUT2D eigenvalue weighted by atomic mass is 9.86. The first-order chi connectivity index (χ1) is 18.4. The molecule has 2 aliphatic rings. The fourth-order valence-electron chi connectivity index (χ4n) is 5.12. The maximum absolute atomic E-state index is 13.5. The van der Waals surface area contributed by atoms with Crippen LogP contribution < -0.4 is 15.6 Å². The van der Waals surface area contributed by atoms with E-state index in [1.807, 2.05) is 42.5 Å². The molecular formula is C28H24N5O5+. The highest BCUT2D eigenvalue weighted by Crippen LogP contribution is 2.39. The van der Waals surface area contributed by atoms with Crippen LogP contribution in [0.25, 0.3) is 22.3 Å². The molecule has 3 aromatic heterocycles. The van der Waals surface area contributed by atoms with E-state index >= 15 is 0 Å². The summed E-state index contributed by atoms with van der Waals surface area (Å²) in [7, 11) is 0. The van der Waals surface area contributed by atoms with Crippen molar-refractivity contribution >= 4 is 29.0 Å². The van der Waals surface area contributed by atoms with Gasteiger partial charge in [0.15, 0.2) is 18.0 Å². The third kappa shape index (κ3) is 3.69. The molecule has 0 bridgehead atoms. The molecule has 190 valence electrons. The number of hydrogen-bond acceptors (Lipinski definition) is 7. The van der Waals surface area contributed by atoms with Crippen molar-refractivity contribution in [3.05, 3.63) is 93.5 Å². The van der Waals surface area contributed by atoms with E-state index in [9.17, 15) is 19.5 Å². The van der Waals surface area contributed by atoms with E-state index in [-0.39, 0.29) is 48.7 Å². The summed E-state index contributed by atoms with van der Waals surface area (Å²) in [6.45, 7) is 1.81. The van der Waals surface area contributed by atoms with Gasteiger partial charge in [-0.05, 0) is 18.6 Å². The van der Waals surface area contributed by atoms with E-state index < -0.39 is 11.6 Å². The molecule has 4 aromatic rings. The minimum atomic E-state index is -1.90. The van der Waals surface area contributed by atoms with Gasteiger partial charge >= 0.3 is 11.9 Å². The Labute approximate surface area is 216 Å². The summed E-state index contributed by atoms with van der Waals surface area (Å²) in [4.78, 5) is 43.2. The predicted molar refractivity (Wildman–Crippen MR) is 137 cm³/mol. The molecule has 0 spiro atoms. The summed E-state index contributed by atoms with van der Waals surface area (Å²) >= 11 is 0. The van der Waals surface area contributed by atoms with Gasteiger partial charge < -0.3 is 14.4 Å². The van der Waals surface area contributed by atoms with E-state index in [1.54, 1.807) is 40.7 Å². The molecule has 0 aliphatic carbocycles. The van der Waals surface area contributed by atoms with Gasteiger partial charge in [-0.1, -0.05) is 31.2 Å². The molecule has 0 saturated heterocycles. The van der Waals surface area contributed by atoms with Gasteiger partial charge in [0.25, 0.3) is 5.56 Å². The second-order valence-corrected chi connectivity index (χ2v) is 9.31. The Hall–Kier alpha value is -4.70. The van der Waals surface area contributed by atoms with Crippen LogP contribution in [0.5, 0.6) is 0 Å². The number of hydrogen-bond donors (Lipinski definition) is 2. The highest BCUT2D eigenvalue weighted by Gasteiger charge is 2.45. The SMILES string of the molecule is CC[C@@]1(O)C(=O)OCc2c1cc1n(c2=O)Cc2c-1nc1ccccc1c2C=NNC(=O)C[n+]1ccccc1. The molecule has 1 atom stereocenters. The Kier molecular flexibility index (Phi) is 5.61. The smallest absolute Gasteiger partial charge is 0.343 e. The number of benzene rings is 1. The molecule has 0 unspecified atom stereocenters. The molecule has 1 aromatic carbocycles. The van der Waals surface area contributed by atoms with Crippen molar-refractivity contribution in [3.63, 3.8) is 0 Å². The number of fused-ring (bicyclic) bond motifs is 5. The van der Waals surface area contributed by atoms with E-state index in [2.05, 4.69) is 10.5 Å². The van der Waals surface area contributed by atoms with Crippen LogP contribution >= 0.6 is 0 Å². The zero-order chi connectivity index (χ0) is 26.4. The second-order valence-electron chi connectivity index (χ2n) is 9.31. The number of rotatable bonds is 5. The van der Waals surface area contributed by atoms with Gasteiger partial charge in [-0.15, -0.1) is 0 Å². The lowest BCUT2D eigenvalue weighted by Crippen LogP contribution is -2.44. The van der Waals surface area contributed by atoms with Crippen molar-refractivity contribution in [1.29, 1.82) is 0 Å². The summed E-state index contributed by atoms with van der Waals surface area (Å²) in [5.41, 5.74) is 4.09. The van der Waals surface area contributed by atoms with Crippen LogP contribution in [0, 0.1) is 0 Å². The molecule has 0 fully saturated rings. The molecule has 1 amide bonds. The summed E-state index contributed by atoms with van der Waals surface area (Å²) in [6.07, 6.45) is 5.22. The summed E-state index contributed by atoms with van der Waals surface area (Å²) in [5.74, 6) is -1.05. The quantitative estimate of drug-likeness (QED) is 0.160. The Bertz CT molecular complexity index is 1710. The Balaban J connectivity index is 1.43. The van der Waals surface area contributed by atoms with E-state index in [1.165, 1.54) is 0 Å². The topological polar surface area (TPSA) is 127 Å². The summed E-state index contributed by atoms with van der Waals surface area (Å²) in [5, 5.41) is 16.1. The molecule has 6 rings (SSSR count). The third-order valence-electron chi connectivity index (χ3n) is 7.13. The number of hydrazone groups is 1. The standard InChI is InChI=1S/C28H23N5O5/c1-2-28(37)21-12-23-25-19(14-33(23)26(35)20(21)16-38-27(28)36)18(17-8-4-5-9-22(17)30-25)13-29-31-24(34)15-32-10-6-3-7-11-32/h3-13,37H,2,14-16H2,1H3/p+1/t28-/m0/s1. The molecule has 2 aliphatic heterocycles. The van der Waals surface area contributed by atoms with Gasteiger partial charge in [0.1, 0.15) is 6.61 Å². The molecule has 0 saturated carbocycles. The van der Waals surface area contributed by atoms with E-state index in [4.69, 9.17) is 9.72 Å². The van der Waals surface area contributed by atoms with Crippen LogP contribution in [0.4, 0.5) is 0 Å². The highest BCUT2D eigenvalue weighted by molar-refractivity contribution is 6.02. The number of ether oxygens (including phenoxy) is 1. The molecular weight excluding hydrogens is 486 g/mol. The summed E-state index contributed by atoms with van der Waals surface area (Å²) < 4.78 is 8.47. The first kappa shape index (κ1) is 23.7. The number of aromatic nitrogens is 3. The number of aliphatic hydroxyl groups is 1. The molecule has 5 heterocycles. The molecule has 0 radical (unpaired) electrons. The largest absolute Gasteiger partial charge is 0.458 e. The third-order valence-corrected chi connectivity index (χ3v) is 7.13. The van der Waals surface area contributed by atoms with Crippen molar-refractivity contribution in [2.24, 2.45) is 5.10 Å². The lowest BCUT2D eigenvalue weighted by Gasteiger charge is -2.31. The average molecular weight is 511 g/mol. The maximum atomic E-state index is 13.5. The van der Waals surface area contributed by atoms with Gasteiger partial charge in [0.05, 0.1) is 35.2 Å². The van der Waals surface area contributed by atoms with Crippen molar-refractivity contribution < 1.29 is 24.0 Å². The number of cyclic esters (lactones) is 1. The monoisotopic (exact) mass is 510 g/mol. The molecule has 10 heteroatoms.